The highest BCUT2D eigenvalue weighted by atomic mass is 79.9. The summed E-state index contributed by atoms with van der Waals surface area (Å²) in [7, 11) is 1.65. The number of methoxy groups -OCH3 is 1. The fourth-order valence-corrected chi connectivity index (χ4v) is 4.08. The van der Waals surface area contributed by atoms with Crippen LogP contribution in [0.25, 0.3) is 0 Å². The van der Waals surface area contributed by atoms with Crippen LogP contribution in [-0.4, -0.2) is 36.2 Å². The standard InChI is InChI=1S/C14H17Br2NO3/c1-20-13-10(5-11(15)6-12(13)16)8-17-4-2-3-9(7-17)14(18)19/h5-6,9H,2-4,7-8H2,1H3,(H,18,19). The normalized spacial score (nSPS) is 19.9. The van der Waals surface area contributed by atoms with Gasteiger partial charge in [0.05, 0.1) is 17.5 Å². The van der Waals surface area contributed by atoms with Crippen molar-refractivity contribution in [3.63, 3.8) is 0 Å². The Morgan fingerprint density at radius 1 is 1.50 bits per heavy atom. The predicted molar refractivity (Wildman–Crippen MR) is 84.0 cm³/mol. The quantitative estimate of drug-likeness (QED) is 0.830. The molecule has 110 valence electrons. The van der Waals surface area contributed by atoms with Gasteiger partial charge >= 0.3 is 5.97 Å². The SMILES string of the molecule is COc1c(Br)cc(Br)cc1CN1CCCC(C(=O)O)C1. The number of hydrogen-bond donors (Lipinski definition) is 1. The van der Waals surface area contributed by atoms with E-state index in [-0.39, 0.29) is 5.92 Å². The van der Waals surface area contributed by atoms with Gasteiger partial charge in [0.25, 0.3) is 0 Å². The van der Waals surface area contributed by atoms with E-state index in [0.29, 0.717) is 13.1 Å². The molecular formula is C14H17Br2NO3. The van der Waals surface area contributed by atoms with Crippen LogP contribution in [0.5, 0.6) is 5.75 Å². The molecule has 0 bridgehead atoms. The smallest absolute Gasteiger partial charge is 0.307 e. The number of hydrogen-bond acceptors (Lipinski definition) is 3. The monoisotopic (exact) mass is 405 g/mol. The van der Waals surface area contributed by atoms with E-state index in [1.165, 1.54) is 0 Å². The van der Waals surface area contributed by atoms with Crippen molar-refractivity contribution in [1.29, 1.82) is 0 Å². The maximum Gasteiger partial charge on any atom is 0.307 e. The topological polar surface area (TPSA) is 49.8 Å². The third-order valence-electron chi connectivity index (χ3n) is 3.54. The largest absolute Gasteiger partial charge is 0.495 e. The minimum atomic E-state index is -0.697. The van der Waals surface area contributed by atoms with Gasteiger partial charge in [-0.15, -0.1) is 0 Å². The number of ether oxygens (including phenoxy) is 1. The van der Waals surface area contributed by atoms with E-state index in [9.17, 15) is 4.79 Å². The van der Waals surface area contributed by atoms with Crippen molar-refractivity contribution in [3.8, 4) is 5.75 Å². The first kappa shape index (κ1) is 15.8. The molecule has 0 aromatic heterocycles. The number of carboxylic acids is 1. The van der Waals surface area contributed by atoms with E-state index in [1.54, 1.807) is 7.11 Å². The third-order valence-corrected chi connectivity index (χ3v) is 4.59. The van der Waals surface area contributed by atoms with Gasteiger partial charge in [0.2, 0.25) is 0 Å². The lowest BCUT2D eigenvalue weighted by molar-refractivity contribution is -0.143. The molecule has 0 aliphatic carbocycles. The Morgan fingerprint density at radius 2 is 2.25 bits per heavy atom. The molecular weight excluding hydrogens is 390 g/mol. The average molecular weight is 407 g/mol. The zero-order valence-electron chi connectivity index (χ0n) is 11.2. The highest BCUT2D eigenvalue weighted by Gasteiger charge is 2.26. The molecule has 2 rings (SSSR count). The molecule has 4 nitrogen and oxygen atoms in total. The zero-order chi connectivity index (χ0) is 14.7. The highest BCUT2D eigenvalue weighted by molar-refractivity contribution is 9.11. The van der Waals surface area contributed by atoms with Crippen molar-refractivity contribution >= 4 is 37.8 Å². The summed E-state index contributed by atoms with van der Waals surface area (Å²) in [6.07, 6.45) is 1.69. The van der Waals surface area contributed by atoms with Crippen molar-refractivity contribution in [1.82, 2.24) is 4.90 Å². The maximum atomic E-state index is 11.1. The molecule has 0 radical (unpaired) electrons. The van der Waals surface area contributed by atoms with Crippen LogP contribution in [0.2, 0.25) is 0 Å². The first-order chi connectivity index (χ1) is 9.51. The molecule has 1 aliphatic rings. The molecule has 20 heavy (non-hydrogen) atoms. The van der Waals surface area contributed by atoms with Gasteiger partial charge in [-0.2, -0.15) is 0 Å². The first-order valence-electron chi connectivity index (χ1n) is 6.48. The first-order valence-corrected chi connectivity index (χ1v) is 8.07. The zero-order valence-corrected chi connectivity index (χ0v) is 14.4. The summed E-state index contributed by atoms with van der Waals surface area (Å²) < 4.78 is 7.31. The average Bonchev–Trinajstić information content (AvgIpc) is 2.38. The van der Waals surface area contributed by atoms with E-state index in [1.807, 2.05) is 12.1 Å². The summed E-state index contributed by atoms with van der Waals surface area (Å²) in [5.41, 5.74) is 1.06. The van der Waals surface area contributed by atoms with Crippen LogP contribution in [0.15, 0.2) is 21.1 Å². The molecule has 1 atom stereocenters. The van der Waals surface area contributed by atoms with Gasteiger partial charge in [-0.1, -0.05) is 15.9 Å². The molecule has 0 spiro atoms. The van der Waals surface area contributed by atoms with Gasteiger partial charge in [-0.05, 0) is 47.4 Å². The Morgan fingerprint density at radius 3 is 2.90 bits per heavy atom. The summed E-state index contributed by atoms with van der Waals surface area (Å²) in [6.45, 7) is 2.23. The van der Waals surface area contributed by atoms with E-state index in [2.05, 4.69) is 36.8 Å². The minimum Gasteiger partial charge on any atom is -0.495 e. The molecule has 1 fully saturated rings. The number of carbonyl (C=O) groups is 1. The Hall–Kier alpha value is -0.590. The molecule has 1 N–H and O–H groups in total. The fraction of sp³-hybridized carbons (Fsp3) is 0.500. The van der Waals surface area contributed by atoms with Crippen LogP contribution in [0.4, 0.5) is 0 Å². The van der Waals surface area contributed by atoms with Gasteiger partial charge < -0.3 is 9.84 Å². The summed E-state index contributed by atoms with van der Waals surface area (Å²) in [5.74, 6) is -0.145. The fourth-order valence-electron chi connectivity index (χ4n) is 2.60. The molecule has 6 heteroatoms. The molecule has 1 aromatic carbocycles. The molecule has 1 aromatic rings. The van der Waals surface area contributed by atoms with Crippen molar-refractivity contribution in [2.24, 2.45) is 5.92 Å². The molecule has 1 aliphatic heterocycles. The number of nitrogens with zero attached hydrogens (tertiary/aromatic N) is 1. The van der Waals surface area contributed by atoms with Crippen LogP contribution < -0.4 is 4.74 Å². The van der Waals surface area contributed by atoms with Crippen molar-refractivity contribution in [3.05, 3.63) is 26.6 Å². The number of carboxylic acid groups (broad SMARTS) is 1. The lowest BCUT2D eigenvalue weighted by atomic mass is 9.98. The van der Waals surface area contributed by atoms with E-state index in [0.717, 1.165) is 39.6 Å². The number of aliphatic carboxylic acids is 1. The van der Waals surface area contributed by atoms with Crippen LogP contribution in [0.3, 0.4) is 0 Å². The second-order valence-corrected chi connectivity index (χ2v) is 6.76. The van der Waals surface area contributed by atoms with E-state index < -0.39 is 5.97 Å². The van der Waals surface area contributed by atoms with Gasteiger partial charge in [0.15, 0.2) is 0 Å². The highest BCUT2D eigenvalue weighted by Crippen LogP contribution is 2.34. The van der Waals surface area contributed by atoms with Crippen LogP contribution >= 0.6 is 31.9 Å². The van der Waals surface area contributed by atoms with Gasteiger partial charge in [-0.3, -0.25) is 9.69 Å². The van der Waals surface area contributed by atoms with Crippen molar-refractivity contribution in [2.45, 2.75) is 19.4 Å². The second kappa shape index (κ2) is 6.91. The summed E-state index contributed by atoms with van der Waals surface area (Å²) in [5, 5.41) is 9.14. The minimum absolute atomic E-state index is 0.259. The molecule has 0 amide bonds. The van der Waals surface area contributed by atoms with Gasteiger partial charge in [-0.25, -0.2) is 0 Å². The summed E-state index contributed by atoms with van der Waals surface area (Å²) in [6, 6.07) is 3.96. The van der Waals surface area contributed by atoms with Crippen LogP contribution in [-0.2, 0) is 11.3 Å². The van der Waals surface area contributed by atoms with Gasteiger partial charge in [0, 0.05) is 23.1 Å². The lowest BCUT2D eigenvalue weighted by Gasteiger charge is -2.31. The predicted octanol–water partition coefficient (Wildman–Crippen LogP) is 3.52. The number of rotatable bonds is 4. The molecule has 1 heterocycles. The summed E-state index contributed by atoms with van der Waals surface area (Å²) >= 11 is 6.97. The Labute approximate surface area is 135 Å². The third kappa shape index (κ3) is 3.74. The van der Waals surface area contributed by atoms with Crippen molar-refractivity contribution in [2.75, 3.05) is 20.2 Å². The molecule has 1 saturated heterocycles. The van der Waals surface area contributed by atoms with Gasteiger partial charge in [0.1, 0.15) is 5.75 Å². The lowest BCUT2D eigenvalue weighted by Crippen LogP contribution is -2.38. The number of piperidine rings is 1. The molecule has 0 saturated carbocycles. The number of halogens is 2. The number of benzene rings is 1. The van der Waals surface area contributed by atoms with Crippen molar-refractivity contribution < 1.29 is 14.6 Å². The maximum absolute atomic E-state index is 11.1. The molecule has 1 unspecified atom stereocenters. The summed E-state index contributed by atoms with van der Waals surface area (Å²) in [4.78, 5) is 13.3. The Kier molecular flexibility index (Phi) is 5.46. The Balaban J connectivity index is 2.15. The number of likely N-dealkylation sites (tertiary alicyclic amines) is 1. The second-order valence-electron chi connectivity index (χ2n) is 4.99. The van der Waals surface area contributed by atoms with Crippen LogP contribution in [0, 0.1) is 5.92 Å². The van der Waals surface area contributed by atoms with E-state index >= 15 is 0 Å². The van der Waals surface area contributed by atoms with E-state index in [4.69, 9.17) is 9.84 Å². The Bertz CT molecular complexity index is 507. The van der Waals surface area contributed by atoms with Crippen LogP contribution in [0.1, 0.15) is 18.4 Å².